The molecule has 1 aromatic carbocycles. The van der Waals surface area contributed by atoms with Crippen molar-refractivity contribution in [2.75, 3.05) is 13.2 Å². The maximum Gasteiger partial charge on any atom is 0.237 e. The van der Waals surface area contributed by atoms with Crippen molar-refractivity contribution in [3.05, 3.63) is 47.6 Å². The second kappa shape index (κ2) is 5.18. The average Bonchev–Trinajstić information content (AvgIpc) is 3.05. The minimum absolute atomic E-state index is 0.245. The molecule has 0 amide bonds. The van der Waals surface area contributed by atoms with Crippen molar-refractivity contribution >= 4 is 0 Å². The molecule has 0 spiro atoms. The van der Waals surface area contributed by atoms with Crippen molar-refractivity contribution in [3.8, 4) is 0 Å². The highest BCUT2D eigenvalue weighted by Gasteiger charge is 2.44. The van der Waals surface area contributed by atoms with Crippen LogP contribution < -0.4 is 5.73 Å². The summed E-state index contributed by atoms with van der Waals surface area (Å²) in [5.74, 6) is 1.35. The Bertz CT molecular complexity index is 643. The summed E-state index contributed by atoms with van der Waals surface area (Å²) in [5, 5.41) is 4.20. The first-order valence-corrected chi connectivity index (χ1v) is 8.00. The number of hydrogen-bond acceptors (Lipinski definition) is 5. The van der Waals surface area contributed by atoms with E-state index in [1.54, 1.807) is 0 Å². The molecule has 0 atom stereocenters. The molecule has 0 radical (unpaired) electrons. The molecule has 2 aliphatic rings. The Morgan fingerprint density at radius 2 is 1.73 bits per heavy atom. The lowest BCUT2D eigenvalue weighted by Gasteiger charge is -2.35. The van der Waals surface area contributed by atoms with Crippen LogP contribution >= 0.6 is 0 Å². The average molecular weight is 299 g/mol. The second-order valence-electron chi connectivity index (χ2n) is 6.49. The largest absolute Gasteiger partial charge is 0.381 e. The summed E-state index contributed by atoms with van der Waals surface area (Å²) >= 11 is 0. The topological polar surface area (TPSA) is 74.2 Å². The van der Waals surface area contributed by atoms with E-state index in [0.29, 0.717) is 24.9 Å². The van der Waals surface area contributed by atoms with Gasteiger partial charge < -0.3 is 15.0 Å². The zero-order valence-electron chi connectivity index (χ0n) is 12.6. The van der Waals surface area contributed by atoms with Crippen LogP contribution in [-0.2, 0) is 15.7 Å². The summed E-state index contributed by atoms with van der Waals surface area (Å²) in [4.78, 5) is 4.72. The van der Waals surface area contributed by atoms with Crippen LogP contribution in [0.4, 0.5) is 0 Å². The molecule has 1 saturated carbocycles. The lowest BCUT2D eigenvalue weighted by atomic mass is 9.73. The Morgan fingerprint density at radius 3 is 2.36 bits per heavy atom. The molecule has 116 valence electrons. The van der Waals surface area contributed by atoms with Crippen molar-refractivity contribution in [2.45, 2.75) is 43.1 Å². The van der Waals surface area contributed by atoms with E-state index in [1.807, 2.05) is 6.07 Å². The highest BCUT2D eigenvalue weighted by Crippen LogP contribution is 2.42. The first-order chi connectivity index (χ1) is 10.7. The van der Waals surface area contributed by atoms with Crippen LogP contribution in [-0.4, -0.2) is 23.4 Å². The predicted molar refractivity (Wildman–Crippen MR) is 81.3 cm³/mol. The number of benzene rings is 1. The molecule has 2 heterocycles. The monoisotopic (exact) mass is 299 g/mol. The number of hydrogen-bond donors (Lipinski definition) is 1. The van der Waals surface area contributed by atoms with Gasteiger partial charge in [0.1, 0.15) is 0 Å². The van der Waals surface area contributed by atoms with Gasteiger partial charge in [-0.3, -0.25) is 0 Å². The van der Waals surface area contributed by atoms with Gasteiger partial charge in [0.05, 0.1) is 11.0 Å². The van der Waals surface area contributed by atoms with E-state index < -0.39 is 0 Å². The zero-order valence-corrected chi connectivity index (χ0v) is 12.6. The molecule has 5 nitrogen and oxygen atoms in total. The fourth-order valence-corrected chi connectivity index (χ4v) is 3.50. The summed E-state index contributed by atoms with van der Waals surface area (Å²) in [7, 11) is 0. The van der Waals surface area contributed by atoms with Crippen LogP contribution in [0.3, 0.4) is 0 Å². The smallest absolute Gasteiger partial charge is 0.237 e. The highest BCUT2D eigenvalue weighted by molar-refractivity contribution is 5.33. The molecule has 5 heteroatoms. The third-order valence-electron chi connectivity index (χ3n) is 5.20. The molecule has 2 N–H and O–H groups in total. The van der Waals surface area contributed by atoms with Gasteiger partial charge in [0.2, 0.25) is 5.89 Å². The summed E-state index contributed by atoms with van der Waals surface area (Å²) in [6, 6.07) is 10.4. The van der Waals surface area contributed by atoms with E-state index in [4.69, 9.17) is 20.0 Å². The van der Waals surface area contributed by atoms with E-state index in [1.165, 1.54) is 5.56 Å². The quantitative estimate of drug-likeness (QED) is 0.942. The fraction of sp³-hybridized carbons (Fsp3) is 0.529. The van der Waals surface area contributed by atoms with Gasteiger partial charge >= 0.3 is 0 Å². The van der Waals surface area contributed by atoms with Gasteiger partial charge in [-0.05, 0) is 37.7 Å². The molecule has 2 fully saturated rings. The molecule has 22 heavy (non-hydrogen) atoms. The molecule has 4 rings (SSSR count). The van der Waals surface area contributed by atoms with Crippen LogP contribution in [0, 0.1) is 0 Å². The van der Waals surface area contributed by atoms with Gasteiger partial charge in [0.25, 0.3) is 0 Å². The van der Waals surface area contributed by atoms with Crippen molar-refractivity contribution in [2.24, 2.45) is 5.73 Å². The van der Waals surface area contributed by atoms with Gasteiger partial charge in [0.15, 0.2) is 5.82 Å². The normalized spacial score (nSPS) is 23.0. The van der Waals surface area contributed by atoms with E-state index in [-0.39, 0.29) is 11.0 Å². The molecular weight excluding hydrogens is 278 g/mol. The summed E-state index contributed by atoms with van der Waals surface area (Å²) in [6.45, 7) is 1.42. The van der Waals surface area contributed by atoms with Crippen LogP contribution in [0.2, 0.25) is 0 Å². The number of ether oxygens (including phenoxy) is 1. The minimum atomic E-state index is -0.384. The van der Waals surface area contributed by atoms with Crippen LogP contribution in [0.1, 0.15) is 49.4 Å². The highest BCUT2D eigenvalue weighted by atomic mass is 16.5. The van der Waals surface area contributed by atoms with Crippen molar-refractivity contribution in [1.82, 2.24) is 10.1 Å². The number of aromatic nitrogens is 2. The van der Waals surface area contributed by atoms with Gasteiger partial charge in [-0.2, -0.15) is 4.98 Å². The summed E-state index contributed by atoms with van der Waals surface area (Å²) < 4.78 is 11.2. The van der Waals surface area contributed by atoms with E-state index in [9.17, 15) is 0 Å². The summed E-state index contributed by atoms with van der Waals surface area (Å²) in [6.07, 6.45) is 4.73. The SMILES string of the molecule is NC1(c2noc(C3(c4ccccc4)CCOCC3)n2)CCC1. The fourth-order valence-electron chi connectivity index (χ4n) is 3.50. The third kappa shape index (κ3) is 2.08. The summed E-state index contributed by atoms with van der Waals surface area (Å²) in [5.41, 5.74) is 6.93. The third-order valence-corrected chi connectivity index (χ3v) is 5.20. The Hall–Kier alpha value is -1.72. The predicted octanol–water partition coefficient (Wildman–Crippen LogP) is 2.50. The zero-order chi connectivity index (χ0) is 15.0. The van der Waals surface area contributed by atoms with Crippen molar-refractivity contribution < 1.29 is 9.26 Å². The Balaban J connectivity index is 1.75. The Kier molecular flexibility index (Phi) is 3.27. The maximum atomic E-state index is 6.34. The number of nitrogens with two attached hydrogens (primary N) is 1. The van der Waals surface area contributed by atoms with Gasteiger partial charge in [-0.1, -0.05) is 35.5 Å². The van der Waals surface area contributed by atoms with Gasteiger partial charge in [-0.25, -0.2) is 0 Å². The molecule has 1 aromatic heterocycles. The first kappa shape index (κ1) is 13.9. The van der Waals surface area contributed by atoms with Crippen LogP contribution in [0.5, 0.6) is 0 Å². The van der Waals surface area contributed by atoms with Gasteiger partial charge in [0, 0.05) is 13.2 Å². The minimum Gasteiger partial charge on any atom is -0.381 e. The lowest BCUT2D eigenvalue weighted by Crippen LogP contribution is -2.44. The second-order valence-corrected chi connectivity index (χ2v) is 6.49. The lowest BCUT2D eigenvalue weighted by molar-refractivity contribution is 0.0523. The molecular formula is C17H21N3O2. The standard InChI is InChI=1S/C17H21N3O2/c18-17(7-4-8-17)14-19-15(22-20-14)16(9-11-21-12-10-16)13-5-2-1-3-6-13/h1-3,5-6H,4,7-12,18H2. The Morgan fingerprint density at radius 1 is 1.00 bits per heavy atom. The van der Waals surface area contributed by atoms with Gasteiger partial charge in [-0.15, -0.1) is 0 Å². The number of rotatable bonds is 3. The number of nitrogens with zero attached hydrogens (tertiary/aromatic N) is 2. The molecule has 0 bridgehead atoms. The van der Waals surface area contributed by atoms with E-state index in [2.05, 4.69) is 29.4 Å². The van der Waals surface area contributed by atoms with Crippen molar-refractivity contribution in [1.29, 1.82) is 0 Å². The van der Waals surface area contributed by atoms with E-state index >= 15 is 0 Å². The van der Waals surface area contributed by atoms with Crippen LogP contribution in [0.25, 0.3) is 0 Å². The maximum absolute atomic E-state index is 6.34. The van der Waals surface area contributed by atoms with Crippen LogP contribution in [0.15, 0.2) is 34.9 Å². The van der Waals surface area contributed by atoms with E-state index in [0.717, 1.165) is 32.1 Å². The molecule has 2 aromatic rings. The molecule has 0 unspecified atom stereocenters. The molecule has 1 aliphatic carbocycles. The Labute approximate surface area is 129 Å². The molecule has 1 saturated heterocycles. The van der Waals surface area contributed by atoms with Crippen molar-refractivity contribution in [3.63, 3.8) is 0 Å². The first-order valence-electron chi connectivity index (χ1n) is 8.00. The molecule has 1 aliphatic heterocycles.